The van der Waals surface area contributed by atoms with Crippen LogP contribution < -0.4 is 0 Å². The Balaban J connectivity index is 1.70. The van der Waals surface area contributed by atoms with Crippen LogP contribution in [0.4, 0.5) is 0 Å². The van der Waals surface area contributed by atoms with Crippen LogP contribution in [-0.4, -0.2) is 29.1 Å². The van der Waals surface area contributed by atoms with Crippen molar-refractivity contribution in [2.45, 2.75) is 44.4 Å². The van der Waals surface area contributed by atoms with Gasteiger partial charge < -0.3 is 9.84 Å². The number of aromatic hydroxyl groups is 1. The Kier molecular flexibility index (Phi) is 4.30. The average Bonchev–Trinajstić information content (AvgIpc) is 2.62. The minimum absolute atomic E-state index is 0.0476. The van der Waals surface area contributed by atoms with Crippen molar-refractivity contribution in [2.75, 3.05) is 13.1 Å². The first-order valence-electron chi connectivity index (χ1n) is 9.02. The summed E-state index contributed by atoms with van der Waals surface area (Å²) in [5.41, 5.74) is 3.73. The highest BCUT2D eigenvalue weighted by Crippen LogP contribution is 2.43. The van der Waals surface area contributed by atoms with Crippen molar-refractivity contribution in [3.63, 3.8) is 0 Å². The molecule has 4 rings (SSSR count). The van der Waals surface area contributed by atoms with E-state index < -0.39 is 0 Å². The van der Waals surface area contributed by atoms with Crippen molar-refractivity contribution in [3.05, 3.63) is 65.2 Å². The molecule has 126 valence electrons. The van der Waals surface area contributed by atoms with E-state index in [1.807, 2.05) is 12.1 Å². The third-order valence-electron chi connectivity index (χ3n) is 5.36. The van der Waals surface area contributed by atoms with Crippen LogP contribution in [-0.2, 0) is 11.2 Å². The third-order valence-corrected chi connectivity index (χ3v) is 5.36. The molecule has 1 fully saturated rings. The van der Waals surface area contributed by atoms with Gasteiger partial charge in [0.25, 0.3) is 0 Å². The minimum atomic E-state index is 0.0476. The quantitative estimate of drug-likeness (QED) is 0.917. The molecule has 1 N–H and O–H groups in total. The third kappa shape index (κ3) is 2.83. The first-order chi connectivity index (χ1) is 11.8. The van der Waals surface area contributed by atoms with Gasteiger partial charge in [-0.1, -0.05) is 43.3 Å². The van der Waals surface area contributed by atoms with E-state index >= 15 is 0 Å². The first-order valence-corrected chi connectivity index (χ1v) is 9.02. The topological polar surface area (TPSA) is 32.7 Å². The molecule has 24 heavy (non-hydrogen) atoms. The number of phenolic OH excluding ortho intramolecular Hbond substituents is 1. The summed E-state index contributed by atoms with van der Waals surface area (Å²) in [4.78, 5) is 2.60. The average molecular weight is 323 g/mol. The highest BCUT2D eigenvalue weighted by atomic mass is 16.5. The SMILES string of the molecule is CCCN1CC(c2ccccc2)OC2c3cc(O)ccc3CCC21. The molecule has 2 aromatic carbocycles. The zero-order valence-corrected chi connectivity index (χ0v) is 14.2. The highest BCUT2D eigenvalue weighted by Gasteiger charge is 2.40. The van der Waals surface area contributed by atoms with Gasteiger partial charge in [-0.25, -0.2) is 0 Å². The summed E-state index contributed by atoms with van der Waals surface area (Å²) in [5.74, 6) is 0.335. The summed E-state index contributed by atoms with van der Waals surface area (Å²) in [5, 5.41) is 9.96. The molecule has 3 atom stereocenters. The second kappa shape index (κ2) is 6.58. The predicted molar refractivity (Wildman–Crippen MR) is 95.1 cm³/mol. The molecule has 2 aromatic rings. The fourth-order valence-corrected chi connectivity index (χ4v) is 4.24. The molecule has 0 spiro atoms. The molecule has 0 saturated carbocycles. The molecule has 3 nitrogen and oxygen atoms in total. The van der Waals surface area contributed by atoms with Crippen LogP contribution in [0.1, 0.15) is 48.7 Å². The molecule has 2 aliphatic rings. The predicted octanol–water partition coefficient (Wildman–Crippen LogP) is 4.23. The maximum atomic E-state index is 9.96. The summed E-state index contributed by atoms with van der Waals surface area (Å²) < 4.78 is 6.58. The van der Waals surface area contributed by atoms with Crippen molar-refractivity contribution in [3.8, 4) is 5.75 Å². The monoisotopic (exact) mass is 323 g/mol. The maximum Gasteiger partial charge on any atom is 0.115 e. The van der Waals surface area contributed by atoms with Crippen molar-refractivity contribution < 1.29 is 9.84 Å². The van der Waals surface area contributed by atoms with E-state index in [1.54, 1.807) is 6.07 Å². The summed E-state index contributed by atoms with van der Waals surface area (Å²) in [6.07, 6.45) is 3.48. The molecule has 0 radical (unpaired) electrons. The van der Waals surface area contributed by atoms with E-state index in [-0.39, 0.29) is 12.2 Å². The van der Waals surface area contributed by atoms with Crippen molar-refractivity contribution in [1.29, 1.82) is 0 Å². The molecule has 0 aromatic heterocycles. The van der Waals surface area contributed by atoms with Gasteiger partial charge in [0.1, 0.15) is 5.75 Å². The smallest absolute Gasteiger partial charge is 0.115 e. The molecule has 1 aliphatic heterocycles. The molecular formula is C21H25NO2. The molecule has 3 heteroatoms. The van der Waals surface area contributed by atoms with Crippen LogP contribution >= 0.6 is 0 Å². The largest absolute Gasteiger partial charge is 0.508 e. The van der Waals surface area contributed by atoms with Crippen LogP contribution in [0.25, 0.3) is 0 Å². The Bertz CT molecular complexity index is 700. The van der Waals surface area contributed by atoms with E-state index in [2.05, 4.69) is 42.2 Å². The Labute approximate surface area is 143 Å². The number of fused-ring (bicyclic) bond motifs is 3. The van der Waals surface area contributed by atoms with Gasteiger partial charge >= 0.3 is 0 Å². The van der Waals surface area contributed by atoms with Crippen LogP contribution in [0.2, 0.25) is 0 Å². The summed E-state index contributed by atoms with van der Waals surface area (Å²) in [7, 11) is 0. The van der Waals surface area contributed by atoms with Crippen molar-refractivity contribution in [2.24, 2.45) is 0 Å². The zero-order valence-electron chi connectivity index (χ0n) is 14.2. The second-order valence-electron chi connectivity index (χ2n) is 6.94. The number of morpholine rings is 1. The van der Waals surface area contributed by atoms with Crippen molar-refractivity contribution >= 4 is 0 Å². The molecular weight excluding hydrogens is 298 g/mol. The molecule has 3 unspecified atom stereocenters. The van der Waals surface area contributed by atoms with E-state index in [4.69, 9.17) is 4.74 Å². The Morgan fingerprint density at radius 3 is 2.79 bits per heavy atom. The van der Waals surface area contributed by atoms with Gasteiger partial charge in [-0.15, -0.1) is 0 Å². The van der Waals surface area contributed by atoms with Crippen LogP contribution in [0, 0.1) is 0 Å². The van der Waals surface area contributed by atoms with Gasteiger partial charge in [0, 0.05) is 12.6 Å². The molecule has 1 saturated heterocycles. The zero-order chi connectivity index (χ0) is 16.5. The van der Waals surface area contributed by atoms with E-state index in [0.717, 1.165) is 32.4 Å². The standard InChI is InChI=1S/C21H25NO2/c1-2-12-22-14-20(16-6-4-3-5-7-16)24-21-18-13-17(23)10-8-15(18)9-11-19(21)22/h3-8,10,13,19-21,23H,2,9,11-12,14H2,1H3. The number of aryl methyl sites for hydroxylation is 1. The Hall–Kier alpha value is -1.84. The highest BCUT2D eigenvalue weighted by molar-refractivity contribution is 5.39. The van der Waals surface area contributed by atoms with Gasteiger partial charge in [0.15, 0.2) is 0 Å². The summed E-state index contributed by atoms with van der Waals surface area (Å²) >= 11 is 0. The van der Waals surface area contributed by atoms with E-state index in [9.17, 15) is 5.11 Å². The molecule has 1 aliphatic carbocycles. The first kappa shape index (κ1) is 15.7. The number of phenols is 1. The van der Waals surface area contributed by atoms with Crippen molar-refractivity contribution in [1.82, 2.24) is 4.90 Å². The number of nitrogens with zero attached hydrogens (tertiary/aromatic N) is 1. The minimum Gasteiger partial charge on any atom is -0.508 e. The lowest BCUT2D eigenvalue weighted by Crippen LogP contribution is -2.50. The van der Waals surface area contributed by atoms with Crippen LogP contribution in [0.5, 0.6) is 5.75 Å². The Morgan fingerprint density at radius 1 is 1.17 bits per heavy atom. The molecule has 0 amide bonds. The van der Waals surface area contributed by atoms with Gasteiger partial charge in [0.05, 0.1) is 12.2 Å². The van der Waals surface area contributed by atoms with Crippen LogP contribution in [0.15, 0.2) is 48.5 Å². The number of ether oxygens (including phenoxy) is 1. The van der Waals surface area contributed by atoms with Gasteiger partial charge in [-0.3, -0.25) is 4.90 Å². The molecule has 0 bridgehead atoms. The second-order valence-corrected chi connectivity index (χ2v) is 6.94. The normalized spacial score (nSPS) is 26.6. The maximum absolute atomic E-state index is 9.96. The lowest BCUT2D eigenvalue weighted by Gasteiger charge is -2.47. The number of benzene rings is 2. The number of rotatable bonds is 3. The van der Waals surface area contributed by atoms with E-state index in [0.29, 0.717) is 11.8 Å². The number of hydrogen-bond acceptors (Lipinski definition) is 3. The summed E-state index contributed by atoms with van der Waals surface area (Å²) in [6, 6.07) is 16.7. The lowest BCUT2D eigenvalue weighted by atomic mass is 9.83. The van der Waals surface area contributed by atoms with Gasteiger partial charge in [0.2, 0.25) is 0 Å². The lowest BCUT2D eigenvalue weighted by molar-refractivity contribution is -0.130. The Morgan fingerprint density at radius 2 is 2.00 bits per heavy atom. The van der Waals surface area contributed by atoms with E-state index in [1.165, 1.54) is 16.7 Å². The van der Waals surface area contributed by atoms with Gasteiger partial charge in [-0.2, -0.15) is 0 Å². The fraction of sp³-hybridized carbons (Fsp3) is 0.429. The molecule has 1 heterocycles. The number of hydrogen-bond donors (Lipinski definition) is 1. The van der Waals surface area contributed by atoms with Gasteiger partial charge in [-0.05, 0) is 54.6 Å². The van der Waals surface area contributed by atoms with Crippen LogP contribution in [0.3, 0.4) is 0 Å². The fourth-order valence-electron chi connectivity index (χ4n) is 4.24. The summed E-state index contributed by atoms with van der Waals surface area (Å²) in [6.45, 7) is 4.29.